The standard InChI is InChI=1S/C18H24ClNS/c1-4-10-20-18(16-8-9-17(19)21-16)15-7-5-6-14(12-15)11-13(2)3/h5-9,12-13,18,20H,4,10-11H2,1-3H3. The molecule has 0 spiro atoms. The summed E-state index contributed by atoms with van der Waals surface area (Å²) >= 11 is 7.78. The molecular formula is C18H24ClNS. The molecule has 2 aromatic rings. The molecule has 0 fully saturated rings. The zero-order chi connectivity index (χ0) is 15.2. The second kappa shape index (κ2) is 7.98. The lowest BCUT2D eigenvalue weighted by atomic mass is 9.97. The molecule has 0 saturated heterocycles. The van der Waals surface area contributed by atoms with E-state index in [1.165, 1.54) is 16.0 Å². The van der Waals surface area contributed by atoms with E-state index < -0.39 is 0 Å². The quantitative estimate of drug-likeness (QED) is 0.690. The summed E-state index contributed by atoms with van der Waals surface area (Å²) in [7, 11) is 0. The monoisotopic (exact) mass is 321 g/mol. The highest BCUT2D eigenvalue weighted by atomic mass is 35.5. The van der Waals surface area contributed by atoms with E-state index in [4.69, 9.17) is 11.6 Å². The number of hydrogen-bond acceptors (Lipinski definition) is 2. The van der Waals surface area contributed by atoms with Crippen molar-refractivity contribution in [3.8, 4) is 0 Å². The van der Waals surface area contributed by atoms with Gasteiger partial charge >= 0.3 is 0 Å². The molecule has 1 unspecified atom stereocenters. The molecule has 0 aliphatic rings. The lowest BCUT2D eigenvalue weighted by Crippen LogP contribution is -2.22. The van der Waals surface area contributed by atoms with Gasteiger partial charge in [0.2, 0.25) is 0 Å². The molecule has 0 bridgehead atoms. The molecule has 2 rings (SSSR count). The fraction of sp³-hybridized carbons (Fsp3) is 0.444. The van der Waals surface area contributed by atoms with E-state index in [1.54, 1.807) is 11.3 Å². The Bertz CT molecular complexity index is 562. The summed E-state index contributed by atoms with van der Waals surface area (Å²) in [6, 6.07) is 13.3. The molecular weight excluding hydrogens is 298 g/mol. The fourth-order valence-corrected chi connectivity index (χ4v) is 3.69. The number of halogens is 1. The van der Waals surface area contributed by atoms with Gasteiger partial charge in [-0.1, -0.05) is 56.6 Å². The highest BCUT2D eigenvalue weighted by molar-refractivity contribution is 7.16. The molecule has 0 radical (unpaired) electrons. The number of thiophene rings is 1. The van der Waals surface area contributed by atoms with E-state index in [0.29, 0.717) is 5.92 Å². The Morgan fingerprint density at radius 1 is 1.19 bits per heavy atom. The smallest absolute Gasteiger partial charge is 0.0931 e. The maximum atomic E-state index is 6.12. The molecule has 1 nitrogen and oxygen atoms in total. The van der Waals surface area contributed by atoms with Crippen molar-refractivity contribution in [3.05, 3.63) is 56.7 Å². The molecule has 1 N–H and O–H groups in total. The number of hydrogen-bond donors (Lipinski definition) is 1. The topological polar surface area (TPSA) is 12.0 Å². The largest absolute Gasteiger partial charge is 0.306 e. The van der Waals surface area contributed by atoms with Crippen LogP contribution in [-0.4, -0.2) is 6.54 Å². The van der Waals surface area contributed by atoms with Crippen molar-refractivity contribution in [2.24, 2.45) is 5.92 Å². The molecule has 21 heavy (non-hydrogen) atoms. The Kier molecular flexibility index (Phi) is 6.28. The normalized spacial score (nSPS) is 12.8. The van der Waals surface area contributed by atoms with Gasteiger partial charge in [-0.05, 0) is 48.6 Å². The first kappa shape index (κ1) is 16.5. The molecule has 1 heterocycles. The van der Waals surface area contributed by atoms with Crippen molar-refractivity contribution in [2.75, 3.05) is 6.54 Å². The zero-order valence-electron chi connectivity index (χ0n) is 13.0. The van der Waals surface area contributed by atoms with Crippen molar-refractivity contribution in [1.29, 1.82) is 0 Å². The second-order valence-electron chi connectivity index (χ2n) is 5.87. The molecule has 0 aliphatic heterocycles. The van der Waals surface area contributed by atoms with E-state index in [9.17, 15) is 0 Å². The summed E-state index contributed by atoms with van der Waals surface area (Å²) in [5, 5.41) is 3.65. The highest BCUT2D eigenvalue weighted by Crippen LogP contribution is 2.31. The first-order valence-electron chi connectivity index (χ1n) is 7.67. The third-order valence-corrected chi connectivity index (χ3v) is 4.70. The SMILES string of the molecule is CCCNC(c1cccc(CC(C)C)c1)c1ccc(Cl)s1. The minimum Gasteiger partial charge on any atom is -0.306 e. The van der Waals surface area contributed by atoms with Gasteiger partial charge in [-0.15, -0.1) is 11.3 Å². The first-order valence-corrected chi connectivity index (χ1v) is 8.87. The minimum atomic E-state index is 0.245. The van der Waals surface area contributed by atoms with Gasteiger partial charge in [-0.3, -0.25) is 0 Å². The van der Waals surface area contributed by atoms with Gasteiger partial charge in [0.1, 0.15) is 0 Å². The summed E-state index contributed by atoms with van der Waals surface area (Å²) in [6.45, 7) is 7.73. The van der Waals surface area contributed by atoms with Gasteiger partial charge in [-0.2, -0.15) is 0 Å². The van der Waals surface area contributed by atoms with Crippen LogP contribution in [0.15, 0.2) is 36.4 Å². The summed E-state index contributed by atoms with van der Waals surface area (Å²) in [5.74, 6) is 0.679. The first-order chi connectivity index (χ1) is 10.1. The Hall–Kier alpha value is -0.830. The summed E-state index contributed by atoms with van der Waals surface area (Å²) in [5.41, 5.74) is 2.74. The van der Waals surface area contributed by atoms with Gasteiger partial charge in [0.25, 0.3) is 0 Å². The third-order valence-electron chi connectivity index (χ3n) is 3.41. The van der Waals surface area contributed by atoms with Crippen LogP contribution in [0.5, 0.6) is 0 Å². The predicted molar refractivity (Wildman–Crippen MR) is 94.4 cm³/mol. The molecule has 114 valence electrons. The predicted octanol–water partition coefficient (Wildman–Crippen LogP) is 5.69. The van der Waals surface area contributed by atoms with Crippen LogP contribution in [0.25, 0.3) is 0 Å². The average molecular weight is 322 g/mol. The van der Waals surface area contributed by atoms with E-state index in [1.807, 2.05) is 6.07 Å². The molecule has 0 saturated carbocycles. The Morgan fingerprint density at radius 2 is 2.00 bits per heavy atom. The minimum absolute atomic E-state index is 0.245. The van der Waals surface area contributed by atoms with Crippen LogP contribution in [0.3, 0.4) is 0 Å². The van der Waals surface area contributed by atoms with Crippen molar-refractivity contribution >= 4 is 22.9 Å². The van der Waals surface area contributed by atoms with E-state index >= 15 is 0 Å². The zero-order valence-corrected chi connectivity index (χ0v) is 14.6. The number of nitrogens with one attached hydrogen (secondary N) is 1. The fourth-order valence-electron chi connectivity index (χ4n) is 2.53. The van der Waals surface area contributed by atoms with Gasteiger partial charge < -0.3 is 5.32 Å². The van der Waals surface area contributed by atoms with Crippen LogP contribution < -0.4 is 5.32 Å². The maximum Gasteiger partial charge on any atom is 0.0931 e. The van der Waals surface area contributed by atoms with E-state index in [0.717, 1.165) is 23.7 Å². The van der Waals surface area contributed by atoms with Gasteiger partial charge in [0.15, 0.2) is 0 Å². The van der Waals surface area contributed by atoms with Crippen molar-refractivity contribution < 1.29 is 0 Å². The molecule has 1 aromatic heterocycles. The van der Waals surface area contributed by atoms with Crippen molar-refractivity contribution in [3.63, 3.8) is 0 Å². The van der Waals surface area contributed by atoms with Crippen LogP contribution in [0.2, 0.25) is 4.34 Å². The maximum absolute atomic E-state index is 6.12. The van der Waals surface area contributed by atoms with Crippen LogP contribution in [0.1, 0.15) is 49.2 Å². The van der Waals surface area contributed by atoms with Crippen molar-refractivity contribution in [2.45, 2.75) is 39.7 Å². The lowest BCUT2D eigenvalue weighted by Gasteiger charge is -2.19. The second-order valence-corrected chi connectivity index (χ2v) is 7.62. The van der Waals surface area contributed by atoms with Gasteiger partial charge in [0.05, 0.1) is 10.4 Å². The summed E-state index contributed by atoms with van der Waals surface area (Å²) < 4.78 is 0.853. The Morgan fingerprint density at radius 3 is 2.62 bits per heavy atom. The summed E-state index contributed by atoms with van der Waals surface area (Å²) in [4.78, 5) is 1.29. The van der Waals surface area contributed by atoms with Crippen LogP contribution in [0.4, 0.5) is 0 Å². The third kappa shape index (κ3) is 4.84. The van der Waals surface area contributed by atoms with E-state index in [-0.39, 0.29) is 6.04 Å². The van der Waals surface area contributed by atoms with Gasteiger partial charge in [-0.25, -0.2) is 0 Å². The molecule has 1 atom stereocenters. The van der Waals surface area contributed by atoms with Crippen LogP contribution in [-0.2, 0) is 6.42 Å². The van der Waals surface area contributed by atoms with Crippen LogP contribution in [0, 0.1) is 5.92 Å². The average Bonchev–Trinajstić information content (AvgIpc) is 2.85. The van der Waals surface area contributed by atoms with Crippen LogP contribution >= 0.6 is 22.9 Å². The molecule has 1 aromatic carbocycles. The number of benzene rings is 1. The molecule has 0 aliphatic carbocycles. The molecule has 0 amide bonds. The Labute approximate surface area is 137 Å². The summed E-state index contributed by atoms with van der Waals surface area (Å²) in [6.07, 6.45) is 2.25. The van der Waals surface area contributed by atoms with E-state index in [2.05, 4.69) is 56.4 Å². The highest BCUT2D eigenvalue weighted by Gasteiger charge is 2.16. The molecule has 3 heteroatoms. The number of rotatable bonds is 7. The van der Waals surface area contributed by atoms with Crippen molar-refractivity contribution in [1.82, 2.24) is 5.32 Å². The Balaban J connectivity index is 2.27. The van der Waals surface area contributed by atoms with Gasteiger partial charge in [0, 0.05) is 4.88 Å². The lowest BCUT2D eigenvalue weighted by molar-refractivity contribution is 0.603.